The standard InChI is InChI=1S/C15H24N2O4S/c1-14(2,3)11-8-12(21-17-11)16-13(18)15(4,5)22(19,20)9-10-6-7-10/h8,10H,6-7,9H2,1-5H3,(H,16,18). The number of carbonyl (C=O) groups is 1. The van der Waals surface area contributed by atoms with Crippen LogP contribution in [0.5, 0.6) is 0 Å². The molecule has 0 unspecified atom stereocenters. The normalized spacial score (nSPS) is 16.6. The van der Waals surface area contributed by atoms with Crippen LogP contribution in [-0.4, -0.2) is 30.0 Å². The van der Waals surface area contributed by atoms with Crippen molar-refractivity contribution in [1.82, 2.24) is 5.16 Å². The monoisotopic (exact) mass is 328 g/mol. The van der Waals surface area contributed by atoms with E-state index < -0.39 is 20.5 Å². The molecule has 1 heterocycles. The zero-order chi connectivity index (χ0) is 16.8. The Hall–Kier alpha value is -1.37. The second kappa shape index (κ2) is 5.37. The summed E-state index contributed by atoms with van der Waals surface area (Å²) < 4.78 is 28.4. The average Bonchev–Trinajstić information content (AvgIpc) is 3.02. The Balaban J connectivity index is 2.11. The first kappa shape index (κ1) is 17.0. The summed E-state index contributed by atoms with van der Waals surface area (Å²) in [4.78, 5) is 12.4. The van der Waals surface area contributed by atoms with Crippen LogP contribution in [0.4, 0.5) is 5.88 Å². The lowest BCUT2D eigenvalue weighted by atomic mass is 9.92. The van der Waals surface area contributed by atoms with Crippen LogP contribution < -0.4 is 5.32 Å². The van der Waals surface area contributed by atoms with Crippen molar-refractivity contribution in [3.63, 3.8) is 0 Å². The van der Waals surface area contributed by atoms with E-state index in [1.165, 1.54) is 13.8 Å². The van der Waals surface area contributed by atoms with Crippen LogP contribution in [0, 0.1) is 5.92 Å². The van der Waals surface area contributed by atoms with Gasteiger partial charge in [-0.1, -0.05) is 25.9 Å². The maximum absolute atomic E-state index is 12.4. The first-order valence-corrected chi connectivity index (χ1v) is 9.09. The summed E-state index contributed by atoms with van der Waals surface area (Å²) in [5.41, 5.74) is 0.487. The van der Waals surface area contributed by atoms with Crippen LogP contribution in [0.2, 0.25) is 0 Å². The third kappa shape index (κ3) is 3.51. The Morgan fingerprint density at radius 1 is 1.32 bits per heavy atom. The molecule has 1 aromatic rings. The van der Waals surface area contributed by atoms with Crippen molar-refractivity contribution >= 4 is 21.6 Å². The zero-order valence-electron chi connectivity index (χ0n) is 13.8. The molecule has 0 atom stereocenters. The Morgan fingerprint density at radius 3 is 2.36 bits per heavy atom. The van der Waals surface area contributed by atoms with E-state index in [-0.39, 0.29) is 23.0 Å². The molecule has 1 saturated carbocycles. The number of carbonyl (C=O) groups excluding carboxylic acids is 1. The molecule has 0 radical (unpaired) electrons. The topological polar surface area (TPSA) is 89.3 Å². The molecule has 2 rings (SSSR count). The fraction of sp³-hybridized carbons (Fsp3) is 0.733. The van der Waals surface area contributed by atoms with E-state index in [1.807, 2.05) is 20.8 Å². The highest BCUT2D eigenvalue weighted by Gasteiger charge is 2.44. The minimum absolute atomic E-state index is 0.0665. The lowest BCUT2D eigenvalue weighted by molar-refractivity contribution is -0.118. The van der Waals surface area contributed by atoms with Gasteiger partial charge in [-0.15, -0.1) is 0 Å². The van der Waals surface area contributed by atoms with E-state index in [9.17, 15) is 13.2 Å². The highest BCUT2D eigenvalue weighted by Crippen LogP contribution is 2.34. The summed E-state index contributed by atoms with van der Waals surface area (Å²) in [6, 6.07) is 1.63. The van der Waals surface area contributed by atoms with Gasteiger partial charge in [0, 0.05) is 11.5 Å². The lowest BCUT2D eigenvalue weighted by Gasteiger charge is -2.23. The van der Waals surface area contributed by atoms with Gasteiger partial charge in [0.15, 0.2) is 9.84 Å². The maximum Gasteiger partial charge on any atom is 0.247 e. The molecule has 0 aliphatic heterocycles. The van der Waals surface area contributed by atoms with Crippen molar-refractivity contribution in [3.05, 3.63) is 11.8 Å². The molecule has 1 amide bonds. The summed E-state index contributed by atoms with van der Waals surface area (Å²) in [6.45, 7) is 8.78. The first-order valence-electron chi connectivity index (χ1n) is 7.44. The van der Waals surface area contributed by atoms with Crippen LogP contribution in [0.1, 0.15) is 53.2 Å². The van der Waals surface area contributed by atoms with Crippen molar-refractivity contribution in [2.24, 2.45) is 5.92 Å². The van der Waals surface area contributed by atoms with Gasteiger partial charge in [-0.05, 0) is 32.6 Å². The molecule has 0 saturated heterocycles. The molecular formula is C15H24N2O4S. The average molecular weight is 328 g/mol. The number of hydrogen-bond acceptors (Lipinski definition) is 5. The van der Waals surface area contributed by atoms with Gasteiger partial charge in [0.1, 0.15) is 4.75 Å². The molecule has 1 N–H and O–H groups in total. The van der Waals surface area contributed by atoms with Gasteiger partial charge in [-0.2, -0.15) is 0 Å². The number of anilines is 1. The number of sulfone groups is 1. The molecule has 1 aliphatic rings. The second-order valence-corrected chi connectivity index (χ2v) is 10.1. The van der Waals surface area contributed by atoms with Crippen LogP contribution in [0.3, 0.4) is 0 Å². The van der Waals surface area contributed by atoms with E-state index in [1.54, 1.807) is 6.07 Å². The van der Waals surface area contributed by atoms with Gasteiger partial charge in [0.2, 0.25) is 11.8 Å². The summed E-state index contributed by atoms with van der Waals surface area (Å²) in [5.74, 6) is -0.152. The van der Waals surface area contributed by atoms with Gasteiger partial charge in [-0.25, -0.2) is 8.42 Å². The van der Waals surface area contributed by atoms with E-state index in [4.69, 9.17) is 4.52 Å². The van der Waals surface area contributed by atoms with Gasteiger partial charge in [0.25, 0.3) is 0 Å². The molecule has 0 bridgehead atoms. The van der Waals surface area contributed by atoms with E-state index in [0.29, 0.717) is 5.69 Å². The molecule has 22 heavy (non-hydrogen) atoms. The molecule has 7 heteroatoms. The van der Waals surface area contributed by atoms with E-state index in [0.717, 1.165) is 12.8 Å². The second-order valence-electron chi connectivity index (χ2n) is 7.52. The highest BCUT2D eigenvalue weighted by atomic mass is 32.2. The molecule has 6 nitrogen and oxygen atoms in total. The molecule has 0 aromatic carbocycles. The quantitative estimate of drug-likeness (QED) is 0.897. The molecular weight excluding hydrogens is 304 g/mol. The molecule has 0 spiro atoms. The predicted molar refractivity (Wildman–Crippen MR) is 84.4 cm³/mol. The Bertz CT molecular complexity index is 664. The molecule has 124 valence electrons. The SMILES string of the molecule is CC(C)(C)c1cc(NC(=O)C(C)(C)S(=O)(=O)CC2CC2)on1. The van der Waals surface area contributed by atoms with Crippen molar-refractivity contribution in [2.45, 2.75) is 57.6 Å². The summed E-state index contributed by atoms with van der Waals surface area (Å²) in [7, 11) is -3.51. The fourth-order valence-corrected chi connectivity index (χ4v) is 3.60. The predicted octanol–water partition coefficient (Wildman–Crippen LogP) is 2.51. The van der Waals surface area contributed by atoms with Gasteiger partial charge in [-0.3, -0.25) is 10.1 Å². The van der Waals surface area contributed by atoms with Gasteiger partial charge >= 0.3 is 0 Å². The molecule has 1 aliphatic carbocycles. The number of hydrogen-bond donors (Lipinski definition) is 1. The van der Waals surface area contributed by atoms with Crippen LogP contribution in [-0.2, 0) is 20.0 Å². The Labute approximate surface area is 131 Å². The minimum Gasteiger partial charge on any atom is -0.338 e. The highest BCUT2D eigenvalue weighted by molar-refractivity contribution is 7.93. The molecule has 1 fully saturated rings. The largest absolute Gasteiger partial charge is 0.338 e. The summed E-state index contributed by atoms with van der Waals surface area (Å²) >= 11 is 0. The Kier molecular flexibility index (Phi) is 4.14. The summed E-state index contributed by atoms with van der Waals surface area (Å²) in [5, 5.41) is 6.43. The van der Waals surface area contributed by atoms with Crippen LogP contribution in [0.15, 0.2) is 10.6 Å². The third-order valence-electron chi connectivity index (χ3n) is 3.99. The first-order chi connectivity index (χ1) is 9.93. The number of aromatic nitrogens is 1. The van der Waals surface area contributed by atoms with E-state index >= 15 is 0 Å². The minimum atomic E-state index is -3.51. The maximum atomic E-state index is 12.4. The number of amides is 1. The third-order valence-corrected chi connectivity index (χ3v) is 6.64. The smallest absolute Gasteiger partial charge is 0.247 e. The van der Waals surface area contributed by atoms with Crippen molar-refractivity contribution in [2.75, 3.05) is 11.1 Å². The van der Waals surface area contributed by atoms with Crippen LogP contribution >= 0.6 is 0 Å². The van der Waals surface area contributed by atoms with Crippen molar-refractivity contribution in [3.8, 4) is 0 Å². The fourth-order valence-electron chi connectivity index (χ4n) is 1.89. The zero-order valence-corrected chi connectivity index (χ0v) is 14.6. The van der Waals surface area contributed by atoms with Crippen molar-refractivity contribution < 1.29 is 17.7 Å². The van der Waals surface area contributed by atoms with E-state index in [2.05, 4.69) is 10.5 Å². The van der Waals surface area contributed by atoms with Crippen molar-refractivity contribution in [1.29, 1.82) is 0 Å². The Morgan fingerprint density at radius 2 is 1.91 bits per heavy atom. The lowest BCUT2D eigenvalue weighted by Crippen LogP contribution is -2.45. The summed E-state index contributed by atoms with van der Waals surface area (Å²) in [6.07, 6.45) is 1.85. The van der Waals surface area contributed by atoms with Gasteiger partial charge < -0.3 is 4.52 Å². The number of nitrogens with zero attached hydrogens (tertiary/aromatic N) is 1. The number of rotatable bonds is 5. The van der Waals surface area contributed by atoms with Crippen LogP contribution in [0.25, 0.3) is 0 Å². The number of nitrogens with one attached hydrogen (secondary N) is 1. The van der Waals surface area contributed by atoms with Gasteiger partial charge in [0.05, 0.1) is 11.4 Å². The molecule has 1 aromatic heterocycles.